The minimum absolute atomic E-state index is 0.00249. The number of anilines is 1. The zero-order valence-electron chi connectivity index (χ0n) is 16.7. The van der Waals surface area contributed by atoms with Crippen LogP contribution in [-0.4, -0.2) is 16.9 Å². The predicted molar refractivity (Wildman–Crippen MR) is 111 cm³/mol. The number of hydrogen-bond donors (Lipinski definition) is 0. The molecule has 0 N–H and O–H groups in total. The number of benzene rings is 2. The quantitative estimate of drug-likeness (QED) is 0.365. The third kappa shape index (κ3) is 4.83. The summed E-state index contributed by atoms with van der Waals surface area (Å²) in [6.07, 6.45) is -6.20. The Kier molecular flexibility index (Phi) is 5.86. The third-order valence-corrected chi connectivity index (χ3v) is 5.52. The van der Waals surface area contributed by atoms with Gasteiger partial charge in [0.05, 0.1) is 23.0 Å². The summed E-state index contributed by atoms with van der Waals surface area (Å²) < 4.78 is 79.8. The second-order valence-electron chi connectivity index (χ2n) is 7.57. The smallest absolute Gasteiger partial charge is 0.303 e. The lowest BCUT2D eigenvalue weighted by Gasteiger charge is -2.26. The van der Waals surface area contributed by atoms with Crippen LogP contribution in [0.1, 0.15) is 34.3 Å². The SMILES string of the molecule is O=C(c1cc(C(F)(F)F)cc(C(F)(F)F)c1)N(c1cnccc1-c1ccccc1Cl)C1CC1. The number of carbonyl (C=O) groups excluding carboxylic acids is 1. The Hall–Kier alpha value is -3.07. The van der Waals surface area contributed by atoms with Crippen LogP contribution in [0.3, 0.4) is 0 Å². The summed E-state index contributed by atoms with van der Waals surface area (Å²) in [7, 11) is 0. The normalized spacial score (nSPS) is 14.3. The van der Waals surface area contributed by atoms with Crippen molar-refractivity contribution in [2.45, 2.75) is 31.2 Å². The number of halogens is 7. The van der Waals surface area contributed by atoms with Gasteiger partial charge in [0, 0.05) is 34.0 Å². The number of carbonyl (C=O) groups is 1. The first-order valence-electron chi connectivity index (χ1n) is 9.79. The average molecular weight is 485 g/mol. The third-order valence-electron chi connectivity index (χ3n) is 5.19. The molecule has 0 spiro atoms. The molecule has 3 nitrogen and oxygen atoms in total. The molecule has 1 heterocycles. The summed E-state index contributed by atoms with van der Waals surface area (Å²) in [4.78, 5) is 18.6. The summed E-state index contributed by atoms with van der Waals surface area (Å²) in [5.41, 5.74) is -2.51. The van der Waals surface area contributed by atoms with Crippen LogP contribution in [0.2, 0.25) is 5.02 Å². The van der Waals surface area contributed by atoms with E-state index in [0.717, 1.165) is 0 Å². The van der Waals surface area contributed by atoms with Gasteiger partial charge >= 0.3 is 12.4 Å². The number of hydrogen-bond acceptors (Lipinski definition) is 2. The minimum Gasteiger partial charge on any atom is -0.303 e. The molecule has 1 fully saturated rings. The lowest BCUT2D eigenvalue weighted by molar-refractivity contribution is -0.143. The highest BCUT2D eigenvalue weighted by Gasteiger charge is 2.40. The van der Waals surface area contributed by atoms with E-state index in [0.29, 0.717) is 41.1 Å². The van der Waals surface area contributed by atoms with Crippen molar-refractivity contribution in [3.63, 3.8) is 0 Å². The second kappa shape index (κ2) is 8.37. The first kappa shape index (κ1) is 23.1. The molecule has 172 valence electrons. The molecule has 1 aliphatic rings. The van der Waals surface area contributed by atoms with Crippen LogP contribution in [0, 0.1) is 0 Å². The molecule has 10 heteroatoms. The maximum absolute atomic E-state index is 13.4. The van der Waals surface area contributed by atoms with Crippen LogP contribution in [0.4, 0.5) is 32.0 Å². The van der Waals surface area contributed by atoms with Gasteiger partial charge in [0.2, 0.25) is 0 Å². The Balaban J connectivity index is 1.86. The number of rotatable bonds is 4. The van der Waals surface area contributed by atoms with E-state index in [1.54, 1.807) is 30.3 Å². The average Bonchev–Trinajstić information content (AvgIpc) is 3.58. The van der Waals surface area contributed by atoms with Crippen LogP contribution < -0.4 is 4.90 Å². The first-order chi connectivity index (χ1) is 15.5. The second-order valence-corrected chi connectivity index (χ2v) is 7.98. The summed E-state index contributed by atoms with van der Waals surface area (Å²) in [5.74, 6) is -0.976. The Morgan fingerprint density at radius 2 is 1.52 bits per heavy atom. The molecule has 1 amide bonds. The van der Waals surface area contributed by atoms with Crippen LogP contribution >= 0.6 is 11.6 Å². The number of amides is 1. The number of pyridine rings is 1. The van der Waals surface area contributed by atoms with E-state index in [9.17, 15) is 31.1 Å². The molecule has 1 saturated carbocycles. The number of alkyl halides is 6. The highest BCUT2D eigenvalue weighted by Crippen LogP contribution is 2.42. The van der Waals surface area contributed by atoms with Crippen LogP contribution in [0.25, 0.3) is 11.1 Å². The predicted octanol–water partition coefficient (Wildman–Crippen LogP) is 7.25. The van der Waals surface area contributed by atoms with Gasteiger partial charge in [0.15, 0.2) is 0 Å². The molecule has 0 saturated heterocycles. The lowest BCUT2D eigenvalue weighted by Crippen LogP contribution is -2.34. The highest BCUT2D eigenvalue weighted by molar-refractivity contribution is 6.33. The maximum Gasteiger partial charge on any atom is 0.416 e. The first-order valence-corrected chi connectivity index (χ1v) is 10.2. The summed E-state index contributed by atoms with van der Waals surface area (Å²) in [6, 6.07) is 8.85. The zero-order chi connectivity index (χ0) is 24.0. The molecular formula is C23H15ClF6N2O. The largest absolute Gasteiger partial charge is 0.416 e. The summed E-state index contributed by atoms with van der Waals surface area (Å²) >= 11 is 6.30. The molecule has 0 aliphatic heterocycles. The summed E-state index contributed by atoms with van der Waals surface area (Å²) in [6.45, 7) is 0. The van der Waals surface area contributed by atoms with Gasteiger partial charge in [-0.2, -0.15) is 26.3 Å². The maximum atomic E-state index is 13.4. The molecule has 33 heavy (non-hydrogen) atoms. The molecule has 0 bridgehead atoms. The molecule has 1 aliphatic carbocycles. The van der Waals surface area contributed by atoms with E-state index in [-0.39, 0.29) is 17.8 Å². The van der Waals surface area contributed by atoms with Gasteiger partial charge in [0.25, 0.3) is 5.91 Å². The number of nitrogens with zero attached hydrogens (tertiary/aromatic N) is 2. The molecule has 0 atom stereocenters. The van der Waals surface area contributed by atoms with Gasteiger partial charge in [-0.25, -0.2) is 0 Å². The number of aromatic nitrogens is 1. The van der Waals surface area contributed by atoms with Crippen molar-refractivity contribution < 1.29 is 31.1 Å². The molecule has 4 rings (SSSR count). The van der Waals surface area contributed by atoms with Crippen LogP contribution in [0.15, 0.2) is 60.9 Å². The van der Waals surface area contributed by atoms with E-state index in [2.05, 4.69) is 4.98 Å². The van der Waals surface area contributed by atoms with Crippen LogP contribution in [0.5, 0.6) is 0 Å². The standard InChI is InChI=1S/C23H15ClF6N2O/c24-19-4-2-1-3-17(19)18-7-8-31-12-20(18)32(16-5-6-16)21(33)13-9-14(22(25,26)27)11-15(10-13)23(28,29)30/h1-4,7-12,16H,5-6H2. The Labute approximate surface area is 189 Å². The van der Waals surface area contributed by atoms with Crippen molar-refractivity contribution in [2.75, 3.05) is 4.90 Å². The van der Waals surface area contributed by atoms with Gasteiger partial charge < -0.3 is 4.90 Å². The van der Waals surface area contributed by atoms with Gasteiger partial charge in [-0.05, 0) is 43.2 Å². The van der Waals surface area contributed by atoms with E-state index in [1.807, 2.05) is 0 Å². The van der Waals surface area contributed by atoms with Crippen molar-refractivity contribution >= 4 is 23.2 Å². The fraction of sp³-hybridized carbons (Fsp3) is 0.217. The molecule has 1 aromatic heterocycles. The van der Waals surface area contributed by atoms with Gasteiger partial charge in [-0.3, -0.25) is 9.78 Å². The van der Waals surface area contributed by atoms with E-state index in [1.165, 1.54) is 17.3 Å². The minimum atomic E-state index is -5.06. The van der Waals surface area contributed by atoms with Crippen molar-refractivity contribution in [1.82, 2.24) is 4.98 Å². The molecular weight excluding hydrogens is 470 g/mol. The lowest BCUT2D eigenvalue weighted by atomic mass is 10.0. The molecule has 0 unspecified atom stereocenters. The van der Waals surface area contributed by atoms with Crippen molar-refractivity contribution in [3.8, 4) is 11.1 Å². The van der Waals surface area contributed by atoms with Crippen LogP contribution in [-0.2, 0) is 12.4 Å². The topological polar surface area (TPSA) is 33.2 Å². The van der Waals surface area contributed by atoms with Crippen molar-refractivity contribution in [3.05, 3.63) is 82.6 Å². The Morgan fingerprint density at radius 1 is 0.909 bits per heavy atom. The molecule has 3 aromatic rings. The van der Waals surface area contributed by atoms with E-state index < -0.39 is 35.0 Å². The fourth-order valence-corrected chi connectivity index (χ4v) is 3.75. The van der Waals surface area contributed by atoms with Gasteiger partial charge in [-0.15, -0.1) is 0 Å². The van der Waals surface area contributed by atoms with Gasteiger partial charge in [0.1, 0.15) is 0 Å². The molecule has 2 aromatic carbocycles. The van der Waals surface area contributed by atoms with Crippen molar-refractivity contribution in [2.24, 2.45) is 0 Å². The summed E-state index contributed by atoms with van der Waals surface area (Å²) in [5, 5.41) is 0.367. The van der Waals surface area contributed by atoms with Gasteiger partial charge in [-0.1, -0.05) is 29.8 Å². The highest BCUT2D eigenvalue weighted by atomic mass is 35.5. The Bertz CT molecular complexity index is 1170. The Morgan fingerprint density at radius 3 is 2.06 bits per heavy atom. The zero-order valence-corrected chi connectivity index (χ0v) is 17.5. The van der Waals surface area contributed by atoms with Crippen molar-refractivity contribution in [1.29, 1.82) is 0 Å². The van der Waals surface area contributed by atoms with E-state index in [4.69, 9.17) is 11.6 Å². The molecule has 0 radical (unpaired) electrons. The van der Waals surface area contributed by atoms with E-state index >= 15 is 0 Å². The monoisotopic (exact) mass is 484 g/mol. The fourth-order valence-electron chi connectivity index (χ4n) is 3.51.